The van der Waals surface area contributed by atoms with E-state index < -0.39 is 17.6 Å². The molecule has 1 N–H and O–H groups in total. The van der Waals surface area contributed by atoms with Crippen molar-refractivity contribution in [3.63, 3.8) is 0 Å². The lowest BCUT2D eigenvalue weighted by molar-refractivity contribution is -0.137. The number of hydrogen-bond donors (Lipinski definition) is 1. The van der Waals surface area contributed by atoms with E-state index in [2.05, 4.69) is 5.32 Å². The Bertz CT molecular complexity index is 1040. The van der Waals surface area contributed by atoms with Gasteiger partial charge in [-0.2, -0.15) is 13.2 Å². The molecule has 1 heterocycles. The maximum atomic E-state index is 13.3. The molecule has 3 nitrogen and oxygen atoms in total. The largest absolute Gasteiger partial charge is 0.416 e. The SMILES string of the molecule is O=C(Nc1cc(C(F)(F)F)ccc1N1CCCCC1)c1ccc2ccccc2c1. The predicted molar refractivity (Wildman–Crippen MR) is 109 cm³/mol. The molecule has 0 aliphatic carbocycles. The summed E-state index contributed by atoms with van der Waals surface area (Å²) in [5.41, 5.74) is 0.462. The number of fused-ring (bicyclic) bond motifs is 1. The van der Waals surface area contributed by atoms with Crippen LogP contribution in [0.2, 0.25) is 0 Å². The van der Waals surface area contributed by atoms with E-state index in [1.54, 1.807) is 12.1 Å². The molecule has 3 aromatic rings. The van der Waals surface area contributed by atoms with Crippen molar-refractivity contribution in [3.05, 3.63) is 71.8 Å². The standard InChI is InChI=1S/C23H21F3N2O/c24-23(25,26)19-10-11-21(28-12-4-1-5-13-28)20(15-19)27-22(29)18-9-8-16-6-2-3-7-17(16)14-18/h2-3,6-11,14-15H,1,4-5,12-13H2,(H,27,29). The molecule has 6 heteroatoms. The lowest BCUT2D eigenvalue weighted by Gasteiger charge is -2.31. The minimum atomic E-state index is -4.47. The summed E-state index contributed by atoms with van der Waals surface area (Å²) in [6, 6.07) is 16.5. The molecule has 4 rings (SSSR count). The van der Waals surface area contributed by atoms with Crippen molar-refractivity contribution in [1.82, 2.24) is 0 Å². The predicted octanol–water partition coefficient (Wildman–Crippen LogP) is 6.10. The molecule has 150 valence electrons. The van der Waals surface area contributed by atoms with Crippen LogP contribution in [-0.2, 0) is 6.18 Å². The fourth-order valence-corrected chi connectivity index (χ4v) is 3.75. The van der Waals surface area contributed by atoms with E-state index in [1.807, 2.05) is 35.2 Å². The van der Waals surface area contributed by atoms with Gasteiger partial charge in [0.05, 0.1) is 16.9 Å². The normalized spacial score (nSPS) is 14.8. The van der Waals surface area contributed by atoms with Crippen LogP contribution >= 0.6 is 0 Å². The maximum absolute atomic E-state index is 13.3. The Balaban J connectivity index is 1.68. The van der Waals surface area contributed by atoms with Crippen molar-refractivity contribution in [3.8, 4) is 0 Å². The molecule has 0 aromatic heterocycles. The first kappa shape index (κ1) is 19.3. The van der Waals surface area contributed by atoms with E-state index in [9.17, 15) is 18.0 Å². The number of carbonyl (C=O) groups excluding carboxylic acids is 1. The second kappa shape index (κ2) is 7.78. The minimum absolute atomic E-state index is 0.194. The summed E-state index contributed by atoms with van der Waals surface area (Å²) in [6.07, 6.45) is -1.39. The molecule has 0 radical (unpaired) electrons. The summed E-state index contributed by atoms with van der Waals surface area (Å²) < 4.78 is 39.8. The molecule has 0 saturated carbocycles. The number of nitrogens with one attached hydrogen (secondary N) is 1. The number of alkyl halides is 3. The van der Waals surface area contributed by atoms with Gasteiger partial charge in [-0.3, -0.25) is 4.79 Å². The molecule has 3 aromatic carbocycles. The molecule has 1 fully saturated rings. The summed E-state index contributed by atoms with van der Waals surface area (Å²) in [5.74, 6) is -0.423. The van der Waals surface area contributed by atoms with Crippen LogP contribution in [0, 0.1) is 0 Å². The molecule has 0 atom stereocenters. The highest BCUT2D eigenvalue weighted by Gasteiger charge is 2.32. The van der Waals surface area contributed by atoms with Gasteiger partial charge in [0, 0.05) is 18.7 Å². The number of rotatable bonds is 3. The summed E-state index contributed by atoms with van der Waals surface area (Å²) in [5, 5.41) is 4.62. The van der Waals surface area contributed by atoms with E-state index in [1.165, 1.54) is 6.07 Å². The molecule has 1 aliphatic rings. The van der Waals surface area contributed by atoms with Crippen LogP contribution < -0.4 is 10.2 Å². The number of carbonyl (C=O) groups is 1. The van der Waals surface area contributed by atoms with Crippen molar-refractivity contribution in [2.75, 3.05) is 23.3 Å². The summed E-state index contributed by atoms with van der Waals surface area (Å²) in [4.78, 5) is 14.9. The van der Waals surface area contributed by atoms with Crippen LogP contribution in [0.25, 0.3) is 10.8 Å². The molecular weight excluding hydrogens is 377 g/mol. The van der Waals surface area contributed by atoms with Crippen molar-refractivity contribution in [2.24, 2.45) is 0 Å². The van der Waals surface area contributed by atoms with Crippen LogP contribution in [0.3, 0.4) is 0 Å². The first-order valence-electron chi connectivity index (χ1n) is 9.68. The Kier molecular flexibility index (Phi) is 5.18. The van der Waals surface area contributed by atoms with Crippen molar-refractivity contribution in [2.45, 2.75) is 25.4 Å². The third kappa shape index (κ3) is 4.21. The van der Waals surface area contributed by atoms with Gasteiger partial charge in [0.25, 0.3) is 5.91 Å². The quantitative estimate of drug-likeness (QED) is 0.578. The molecule has 0 bridgehead atoms. The fourth-order valence-electron chi connectivity index (χ4n) is 3.75. The summed E-state index contributed by atoms with van der Waals surface area (Å²) in [7, 11) is 0. The Hall–Kier alpha value is -3.02. The van der Waals surface area contributed by atoms with Gasteiger partial charge in [-0.05, 0) is 60.4 Å². The Morgan fingerprint density at radius 3 is 2.31 bits per heavy atom. The average Bonchev–Trinajstić information content (AvgIpc) is 2.73. The van der Waals surface area contributed by atoms with Crippen LogP contribution in [-0.4, -0.2) is 19.0 Å². The molecule has 0 spiro atoms. The van der Waals surface area contributed by atoms with E-state index >= 15 is 0 Å². The highest BCUT2D eigenvalue weighted by molar-refractivity contribution is 6.08. The first-order valence-corrected chi connectivity index (χ1v) is 9.68. The van der Waals surface area contributed by atoms with Gasteiger partial charge in [-0.1, -0.05) is 30.3 Å². The van der Waals surface area contributed by atoms with Crippen molar-refractivity contribution < 1.29 is 18.0 Å². The van der Waals surface area contributed by atoms with Crippen LogP contribution in [0.5, 0.6) is 0 Å². The lowest BCUT2D eigenvalue weighted by Crippen LogP contribution is -2.30. The molecule has 1 amide bonds. The number of nitrogens with zero attached hydrogens (tertiary/aromatic N) is 1. The highest BCUT2D eigenvalue weighted by atomic mass is 19.4. The molecule has 0 unspecified atom stereocenters. The Morgan fingerprint density at radius 1 is 0.862 bits per heavy atom. The van der Waals surface area contributed by atoms with Gasteiger partial charge in [0.2, 0.25) is 0 Å². The second-order valence-electron chi connectivity index (χ2n) is 7.29. The third-order valence-electron chi connectivity index (χ3n) is 5.28. The zero-order valence-corrected chi connectivity index (χ0v) is 15.8. The minimum Gasteiger partial charge on any atom is -0.370 e. The molecular formula is C23H21F3N2O. The maximum Gasteiger partial charge on any atom is 0.416 e. The summed E-state index contributed by atoms with van der Waals surface area (Å²) in [6.45, 7) is 1.54. The van der Waals surface area contributed by atoms with Gasteiger partial charge < -0.3 is 10.2 Å². The smallest absolute Gasteiger partial charge is 0.370 e. The number of halogens is 3. The van der Waals surface area contributed by atoms with E-state index in [-0.39, 0.29) is 5.69 Å². The summed E-state index contributed by atoms with van der Waals surface area (Å²) >= 11 is 0. The third-order valence-corrected chi connectivity index (χ3v) is 5.28. The highest BCUT2D eigenvalue weighted by Crippen LogP contribution is 2.36. The van der Waals surface area contributed by atoms with Crippen molar-refractivity contribution in [1.29, 1.82) is 0 Å². The Labute approximate surface area is 167 Å². The van der Waals surface area contributed by atoms with Gasteiger partial charge in [-0.25, -0.2) is 0 Å². The topological polar surface area (TPSA) is 32.3 Å². The molecule has 1 aliphatic heterocycles. The van der Waals surface area contributed by atoms with Crippen molar-refractivity contribution >= 4 is 28.1 Å². The fraction of sp³-hybridized carbons (Fsp3) is 0.261. The van der Waals surface area contributed by atoms with E-state index in [0.717, 1.165) is 55.3 Å². The number of anilines is 2. The molecule has 1 saturated heterocycles. The second-order valence-corrected chi connectivity index (χ2v) is 7.29. The van der Waals surface area contributed by atoms with Gasteiger partial charge >= 0.3 is 6.18 Å². The van der Waals surface area contributed by atoms with E-state index in [4.69, 9.17) is 0 Å². The lowest BCUT2D eigenvalue weighted by atomic mass is 10.1. The zero-order chi connectivity index (χ0) is 20.4. The number of benzene rings is 3. The van der Waals surface area contributed by atoms with Gasteiger partial charge in [-0.15, -0.1) is 0 Å². The monoisotopic (exact) mass is 398 g/mol. The average molecular weight is 398 g/mol. The van der Waals surface area contributed by atoms with Crippen LogP contribution in [0.1, 0.15) is 35.2 Å². The molecule has 29 heavy (non-hydrogen) atoms. The van der Waals surface area contributed by atoms with Crippen LogP contribution in [0.4, 0.5) is 24.5 Å². The zero-order valence-electron chi connectivity index (χ0n) is 15.8. The number of amides is 1. The van der Waals surface area contributed by atoms with E-state index in [0.29, 0.717) is 11.3 Å². The Morgan fingerprint density at radius 2 is 1.59 bits per heavy atom. The van der Waals surface area contributed by atoms with Crippen LogP contribution in [0.15, 0.2) is 60.7 Å². The number of piperidine rings is 1. The number of hydrogen-bond acceptors (Lipinski definition) is 2. The van der Waals surface area contributed by atoms with Gasteiger partial charge in [0.15, 0.2) is 0 Å². The first-order chi connectivity index (χ1) is 13.9. The van der Waals surface area contributed by atoms with Gasteiger partial charge in [0.1, 0.15) is 0 Å².